The average molecular weight is 237 g/mol. The molecule has 0 aliphatic heterocycles. The van der Waals surface area contributed by atoms with Crippen molar-refractivity contribution in [3.8, 4) is 5.88 Å². The summed E-state index contributed by atoms with van der Waals surface area (Å²) < 4.78 is 5.18. The van der Waals surface area contributed by atoms with Crippen LogP contribution < -0.4 is 10.5 Å². The van der Waals surface area contributed by atoms with Crippen LogP contribution in [0.2, 0.25) is 0 Å². The lowest BCUT2D eigenvalue weighted by Gasteiger charge is -2.29. The van der Waals surface area contributed by atoms with Gasteiger partial charge in [-0.2, -0.15) is 0 Å². The van der Waals surface area contributed by atoms with Gasteiger partial charge in [0.05, 0.1) is 13.2 Å². The molecule has 1 aromatic rings. The van der Waals surface area contributed by atoms with Crippen LogP contribution in [0.1, 0.15) is 45.9 Å². The summed E-state index contributed by atoms with van der Waals surface area (Å²) in [5.41, 5.74) is 7.17. The fourth-order valence-corrected chi connectivity index (χ4v) is 1.59. The molecule has 0 saturated heterocycles. The molecule has 0 saturated carbocycles. The fourth-order valence-electron chi connectivity index (χ4n) is 1.59. The van der Waals surface area contributed by atoms with E-state index in [0.717, 1.165) is 12.1 Å². The van der Waals surface area contributed by atoms with E-state index in [4.69, 9.17) is 10.5 Å². The Morgan fingerprint density at radius 2 is 1.88 bits per heavy atom. The highest BCUT2D eigenvalue weighted by atomic mass is 16.5. The standard InChI is InChI=1S/C13H23N3O/c1-9(13(2,3)4)8-10(14)11-12(17-5)16-7-6-15-11/h6-7,9-10H,8,14H2,1-5H3. The Morgan fingerprint density at radius 3 is 2.41 bits per heavy atom. The van der Waals surface area contributed by atoms with E-state index in [-0.39, 0.29) is 11.5 Å². The Bertz CT molecular complexity index is 360. The summed E-state index contributed by atoms with van der Waals surface area (Å²) in [6, 6.07) is -0.132. The zero-order valence-electron chi connectivity index (χ0n) is 11.4. The largest absolute Gasteiger partial charge is 0.480 e. The average Bonchev–Trinajstić information content (AvgIpc) is 2.27. The molecule has 0 spiro atoms. The molecule has 96 valence electrons. The van der Waals surface area contributed by atoms with Gasteiger partial charge < -0.3 is 10.5 Å². The highest BCUT2D eigenvalue weighted by molar-refractivity contribution is 5.20. The smallest absolute Gasteiger partial charge is 0.236 e. The Kier molecular flexibility index (Phi) is 4.46. The van der Waals surface area contributed by atoms with Crippen LogP contribution in [-0.2, 0) is 0 Å². The zero-order valence-corrected chi connectivity index (χ0v) is 11.4. The highest BCUT2D eigenvalue weighted by Gasteiger charge is 2.24. The number of ether oxygens (including phenoxy) is 1. The molecule has 0 fully saturated rings. The summed E-state index contributed by atoms with van der Waals surface area (Å²) in [7, 11) is 1.59. The summed E-state index contributed by atoms with van der Waals surface area (Å²) in [4.78, 5) is 8.40. The van der Waals surface area contributed by atoms with Crippen LogP contribution in [0.15, 0.2) is 12.4 Å². The lowest BCUT2D eigenvalue weighted by molar-refractivity contribution is 0.231. The Balaban J connectivity index is 2.79. The summed E-state index contributed by atoms with van der Waals surface area (Å²) in [6.45, 7) is 8.87. The van der Waals surface area contributed by atoms with Crippen LogP contribution in [0.25, 0.3) is 0 Å². The first kappa shape index (κ1) is 13.9. The molecule has 2 atom stereocenters. The third-order valence-electron chi connectivity index (χ3n) is 3.32. The van der Waals surface area contributed by atoms with E-state index >= 15 is 0 Å². The molecule has 2 N–H and O–H groups in total. The molecule has 0 aliphatic carbocycles. The molecule has 0 aromatic carbocycles. The van der Waals surface area contributed by atoms with E-state index in [2.05, 4.69) is 37.7 Å². The molecular formula is C13H23N3O. The minimum Gasteiger partial charge on any atom is -0.480 e. The van der Waals surface area contributed by atoms with Crippen LogP contribution in [0.3, 0.4) is 0 Å². The van der Waals surface area contributed by atoms with Crippen molar-refractivity contribution >= 4 is 0 Å². The lowest BCUT2D eigenvalue weighted by Crippen LogP contribution is -2.24. The van der Waals surface area contributed by atoms with Crippen LogP contribution >= 0.6 is 0 Å². The maximum Gasteiger partial charge on any atom is 0.236 e. The summed E-state index contributed by atoms with van der Waals surface area (Å²) in [5.74, 6) is 1.03. The number of nitrogens with two attached hydrogens (primary N) is 1. The first-order valence-corrected chi connectivity index (χ1v) is 5.96. The van der Waals surface area contributed by atoms with Crippen LogP contribution in [0.5, 0.6) is 5.88 Å². The van der Waals surface area contributed by atoms with Gasteiger partial charge >= 0.3 is 0 Å². The highest BCUT2D eigenvalue weighted by Crippen LogP contribution is 2.33. The van der Waals surface area contributed by atoms with E-state index in [0.29, 0.717) is 11.8 Å². The Hall–Kier alpha value is -1.16. The molecule has 17 heavy (non-hydrogen) atoms. The van der Waals surface area contributed by atoms with E-state index in [9.17, 15) is 0 Å². The fraction of sp³-hybridized carbons (Fsp3) is 0.692. The van der Waals surface area contributed by atoms with Crippen molar-refractivity contribution in [3.63, 3.8) is 0 Å². The number of nitrogens with zero attached hydrogens (tertiary/aromatic N) is 2. The summed E-state index contributed by atoms with van der Waals surface area (Å²) in [5, 5.41) is 0. The van der Waals surface area contributed by atoms with Gasteiger partial charge in [0.2, 0.25) is 5.88 Å². The molecular weight excluding hydrogens is 214 g/mol. The minimum atomic E-state index is -0.132. The van der Waals surface area contributed by atoms with Gasteiger partial charge in [0.25, 0.3) is 0 Å². The van der Waals surface area contributed by atoms with Gasteiger partial charge in [0.1, 0.15) is 5.69 Å². The lowest BCUT2D eigenvalue weighted by atomic mass is 9.78. The Morgan fingerprint density at radius 1 is 1.29 bits per heavy atom. The SMILES string of the molecule is COc1nccnc1C(N)CC(C)C(C)(C)C. The predicted molar refractivity (Wildman–Crippen MR) is 68.7 cm³/mol. The second kappa shape index (κ2) is 5.45. The van der Waals surface area contributed by atoms with Crippen molar-refractivity contribution in [2.24, 2.45) is 17.1 Å². The van der Waals surface area contributed by atoms with Crippen molar-refractivity contribution in [2.75, 3.05) is 7.11 Å². The van der Waals surface area contributed by atoms with Crippen molar-refractivity contribution < 1.29 is 4.74 Å². The molecule has 1 aromatic heterocycles. The number of rotatable bonds is 4. The van der Waals surface area contributed by atoms with Gasteiger partial charge in [-0.1, -0.05) is 27.7 Å². The summed E-state index contributed by atoms with van der Waals surface area (Å²) in [6.07, 6.45) is 4.14. The first-order chi connectivity index (χ1) is 7.86. The first-order valence-electron chi connectivity index (χ1n) is 5.96. The number of hydrogen-bond acceptors (Lipinski definition) is 4. The maximum atomic E-state index is 6.19. The van der Waals surface area contributed by atoms with Gasteiger partial charge in [0.15, 0.2) is 0 Å². The van der Waals surface area contributed by atoms with Gasteiger partial charge in [-0.25, -0.2) is 4.98 Å². The second-order valence-electron chi connectivity index (χ2n) is 5.56. The van der Waals surface area contributed by atoms with Crippen molar-refractivity contribution in [3.05, 3.63) is 18.1 Å². The third kappa shape index (κ3) is 3.66. The van der Waals surface area contributed by atoms with Crippen molar-refractivity contribution in [2.45, 2.75) is 40.2 Å². The zero-order chi connectivity index (χ0) is 13.1. The van der Waals surface area contributed by atoms with Gasteiger partial charge in [0, 0.05) is 12.4 Å². The second-order valence-corrected chi connectivity index (χ2v) is 5.56. The Labute approximate surface area is 104 Å². The molecule has 0 bridgehead atoms. The minimum absolute atomic E-state index is 0.132. The third-order valence-corrected chi connectivity index (χ3v) is 3.32. The molecule has 0 radical (unpaired) electrons. The predicted octanol–water partition coefficient (Wildman–Crippen LogP) is 2.56. The molecule has 4 nitrogen and oxygen atoms in total. The maximum absolute atomic E-state index is 6.19. The van der Waals surface area contributed by atoms with E-state index in [1.807, 2.05) is 0 Å². The van der Waals surface area contributed by atoms with Crippen molar-refractivity contribution in [1.82, 2.24) is 9.97 Å². The summed E-state index contributed by atoms with van der Waals surface area (Å²) >= 11 is 0. The van der Waals surface area contributed by atoms with Crippen molar-refractivity contribution in [1.29, 1.82) is 0 Å². The van der Waals surface area contributed by atoms with E-state index < -0.39 is 0 Å². The number of aromatic nitrogens is 2. The van der Waals surface area contributed by atoms with Crippen LogP contribution in [-0.4, -0.2) is 17.1 Å². The van der Waals surface area contributed by atoms with Crippen LogP contribution in [0.4, 0.5) is 0 Å². The molecule has 0 aliphatic rings. The molecule has 1 rings (SSSR count). The van der Waals surface area contributed by atoms with Gasteiger partial charge in [-0.15, -0.1) is 0 Å². The number of methoxy groups -OCH3 is 1. The molecule has 0 amide bonds. The monoisotopic (exact) mass is 237 g/mol. The van der Waals surface area contributed by atoms with E-state index in [1.54, 1.807) is 19.5 Å². The number of hydrogen-bond donors (Lipinski definition) is 1. The topological polar surface area (TPSA) is 61.0 Å². The van der Waals surface area contributed by atoms with E-state index in [1.165, 1.54) is 0 Å². The van der Waals surface area contributed by atoms with Gasteiger partial charge in [-0.05, 0) is 17.8 Å². The van der Waals surface area contributed by atoms with Gasteiger partial charge in [-0.3, -0.25) is 4.98 Å². The van der Waals surface area contributed by atoms with Crippen LogP contribution in [0, 0.1) is 11.3 Å². The quantitative estimate of drug-likeness (QED) is 0.874. The normalized spacial score (nSPS) is 15.4. The molecule has 1 heterocycles. The molecule has 4 heteroatoms. The molecule has 2 unspecified atom stereocenters.